The fraction of sp³-hybridized carbons (Fsp3) is 0.333. The molecule has 11 heteroatoms. The average molecular weight is 603 g/mol. The Bertz CT molecular complexity index is 1420. The summed E-state index contributed by atoms with van der Waals surface area (Å²) < 4.78 is 42.3. The van der Waals surface area contributed by atoms with Gasteiger partial charge in [0.1, 0.15) is 18.4 Å². The fourth-order valence-electron chi connectivity index (χ4n) is 4.15. The van der Waals surface area contributed by atoms with Crippen molar-refractivity contribution in [3.05, 3.63) is 101 Å². The minimum atomic E-state index is -4.17. The summed E-state index contributed by atoms with van der Waals surface area (Å²) in [5, 5.41) is 3.44. The number of nitrogens with one attached hydrogen (secondary N) is 1. The van der Waals surface area contributed by atoms with Gasteiger partial charge in [0, 0.05) is 38.1 Å². The number of rotatable bonds is 13. The van der Waals surface area contributed by atoms with Gasteiger partial charge in [-0.2, -0.15) is 12.7 Å². The third kappa shape index (κ3) is 8.76. The van der Waals surface area contributed by atoms with Crippen LogP contribution in [0.4, 0.5) is 10.1 Å². The first-order valence-corrected chi connectivity index (χ1v) is 15.0. The lowest BCUT2D eigenvalue weighted by Crippen LogP contribution is -2.55. The van der Waals surface area contributed by atoms with Crippen molar-refractivity contribution in [2.45, 2.75) is 45.3 Å². The topological polar surface area (TPSA) is 90.0 Å². The lowest BCUT2D eigenvalue weighted by atomic mass is 10.0. The van der Waals surface area contributed by atoms with Crippen molar-refractivity contribution in [3.63, 3.8) is 0 Å². The number of hydrogen-bond acceptors (Lipinski definition) is 4. The van der Waals surface area contributed by atoms with Crippen LogP contribution < -0.4 is 9.62 Å². The Labute approximate surface area is 246 Å². The number of halogens is 2. The molecule has 0 aliphatic rings. The third-order valence-corrected chi connectivity index (χ3v) is 8.70. The molecule has 8 nitrogen and oxygen atoms in total. The largest absolute Gasteiger partial charge is 0.352 e. The van der Waals surface area contributed by atoms with Gasteiger partial charge in [-0.05, 0) is 60.9 Å². The van der Waals surface area contributed by atoms with Crippen molar-refractivity contribution in [3.8, 4) is 0 Å². The van der Waals surface area contributed by atoms with Gasteiger partial charge >= 0.3 is 10.2 Å². The molecule has 2 amide bonds. The molecule has 0 radical (unpaired) electrons. The number of hydrogen-bond donors (Lipinski definition) is 1. The van der Waals surface area contributed by atoms with Crippen LogP contribution in [0.3, 0.4) is 0 Å². The molecule has 41 heavy (non-hydrogen) atoms. The lowest BCUT2D eigenvalue weighted by Gasteiger charge is -2.35. The maximum Gasteiger partial charge on any atom is 0.304 e. The Kier molecular flexibility index (Phi) is 11.3. The van der Waals surface area contributed by atoms with Crippen molar-refractivity contribution in [1.29, 1.82) is 0 Å². The fourth-order valence-corrected chi connectivity index (χ4v) is 5.42. The van der Waals surface area contributed by atoms with Crippen LogP contribution in [-0.2, 0) is 32.8 Å². The smallest absolute Gasteiger partial charge is 0.304 e. The minimum absolute atomic E-state index is 0.00406. The quantitative estimate of drug-likeness (QED) is 0.308. The predicted octanol–water partition coefficient (Wildman–Crippen LogP) is 4.65. The molecular weight excluding hydrogens is 567 g/mol. The van der Waals surface area contributed by atoms with E-state index in [4.69, 9.17) is 11.6 Å². The monoisotopic (exact) mass is 602 g/mol. The van der Waals surface area contributed by atoms with E-state index in [1.165, 1.54) is 31.1 Å². The molecule has 0 aliphatic carbocycles. The molecule has 3 rings (SSSR count). The van der Waals surface area contributed by atoms with E-state index >= 15 is 0 Å². The summed E-state index contributed by atoms with van der Waals surface area (Å²) in [5.41, 5.74) is 1.61. The second kappa shape index (κ2) is 14.4. The van der Waals surface area contributed by atoms with E-state index in [0.29, 0.717) is 17.0 Å². The van der Waals surface area contributed by atoms with Crippen LogP contribution in [0.5, 0.6) is 0 Å². The molecule has 0 heterocycles. The Balaban J connectivity index is 2.09. The summed E-state index contributed by atoms with van der Waals surface area (Å²) in [6.45, 7) is 3.21. The van der Waals surface area contributed by atoms with Gasteiger partial charge in [-0.15, -0.1) is 0 Å². The molecule has 2 atom stereocenters. The molecule has 0 spiro atoms. The number of carbonyl (C=O) groups excluding carboxylic acids is 2. The Hall–Kier alpha value is -3.47. The molecule has 0 aromatic heterocycles. The van der Waals surface area contributed by atoms with E-state index in [1.54, 1.807) is 24.3 Å². The predicted molar refractivity (Wildman–Crippen MR) is 160 cm³/mol. The number of nitrogens with zero attached hydrogens (tertiary/aromatic N) is 3. The van der Waals surface area contributed by atoms with Crippen LogP contribution in [0.1, 0.15) is 31.4 Å². The molecule has 3 aromatic rings. The zero-order valence-corrected chi connectivity index (χ0v) is 25.2. The molecule has 220 valence electrons. The number of anilines is 1. The molecule has 0 unspecified atom stereocenters. The molecular formula is C30H36ClFN4O4S. The van der Waals surface area contributed by atoms with Crippen LogP contribution in [0, 0.1) is 5.82 Å². The van der Waals surface area contributed by atoms with Gasteiger partial charge < -0.3 is 10.2 Å². The summed E-state index contributed by atoms with van der Waals surface area (Å²) in [6, 6.07) is 20.0. The van der Waals surface area contributed by atoms with Gasteiger partial charge in [0.05, 0.1) is 5.69 Å². The van der Waals surface area contributed by atoms with Crippen LogP contribution in [0.25, 0.3) is 0 Å². The van der Waals surface area contributed by atoms with Crippen molar-refractivity contribution in [1.82, 2.24) is 14.5 Å². The molecule has 0 saturated carbocycles. The van der Waals surface area contributed by atoms with E-state index in [0.717, 1.165) is 26.3 Å². The SMILES string of the molecule is CC[C@H](C)NC(=O)[C@H](Cc1ccccc1)N(Cc1cccc(Cl)c1)C(=O)CN(c1ccc(F)cc1)S(=O)(=O)N(C)C. The first-order valence-electron chi connectivity index (χ1n) is 13.3. The molecule has 0 saturated heterocycles. The summed E-state index contributed by atoms with van der Waals surface area (Å²) in [6.07, 6.45) is 0.887. The van der Waals surface area contributed by atoms with E-state index in [1.807, 2.05) is 44.2 Å². The highest BCUT2D eigenvalue weighted by Crippen LogP contribution is 2.23. The molecule has 0 aliphatic heterocycles. The standard InChI is InChI=1S/C30H36ClFN4O4S/c1-5-22(2)33-30(38)28(19-23-10-7-6-8-11-23)35(20-24-12-9-13-25(31)18-24)29(37)21-36(41(39,40)34(3)4)27-16-14-26(32)15-17-27/h6-18,22,28H,5,19-21H2,1-4H3,(H,33,38)/t22-,28-/m0/s1. The normalized spacial score (nSPS) is 13.0. The highest BCUT2D eigenvalue weighted by molar-refractivity contribution is 7.90. The van der Waals surface area contributed by atoms with Gasteiger partial charge in [0.2, 0.25) is 11.8 Å². The molecule has 0 bridgehead atoms. The van der Waals surface area contributed by atoms with Crippen LogP contribution >= 0.6 is 11.6 Å². The zero-order valence-electron chi connectivity index (χ0n) is 23.6. The van der Waals surface area contributed by atoms with Gasteiger partial charge in [-0.1, -0.05) is 61.0 Å². The second-order valence-electron chi connectivity index (χ2n) is 9.95. The first-order chi connectivity index (χ1) is 19.4. The maximum atomic E-state index is 14.2. The first kappa shape index (κ1) is 32.0. The van der Waals surface area contributed by atoms with Crippen LogP contribution in [0.15, 0.2) is 78.9 Å². The average Bonchev–Trinajstić information content (AvgIpc) is 2.94. The summed E-state index contributed by atoms with van der Waals surface area (Å²) >= 11 is 6.23. The maximum absolute atomic E-state index is 14.2. The summed E-state index contributed by atoms with van der Waals surface area (Å²) in [7, 11) is -1.48. The Morgan fingerprint density at radius 2 is 1.59 bits per heavy atom. The van der Waals surface area contributed by atoms with Gasteiger partial charge in [0.25, 0.3) is 0 Å². The molecule has 3 aromatic carbocycles. The number of carbonyl (C=O) groups is 2. The lowest BCUT2D eigenvalue weighted by molar-refractivity contribution is -0.140. The minimum Gasteiger partial charge on any atom is -0.352 e. The van der Waals surface area contributed by atoms with Crippen molar-refractivity contribution in [2.75, 3.05) is 24.9 Å². The number of amides is 2. The Morgan fingerprint density at radius 1 is 0.951 bits per heavy atom. The van der Waals surface area contributed by atoms with Crippen molar-refractivity contribution in [2.24, 2.45) is 0 Å². The second-order valence-corrected chi connectivity index (χ2v) is 12.5. The van der Waals surface area contributed by atoms with Crippen LogP contribution in [-0.4, -0.2) is 62.2 Å². The van der Waals surface area contributed by atoms with E-state index in [9.17, 15) is 22.4 Å². The highest BCUT2D eigenvalue weighted by atomic mass is 35.5. The highest BCUT2D eigenvalue weighted by Gasteiger charge is 2.35. The summed E-state index contributed by atoms with van der Waals surface area (Å²) in [5.74, 6) is -1.52. The molecule has 0 fully saturated rings. The van der Waals surface area contributed by atoms with E-state index in [2.05, 4.69) is 5.32 Å². The van der Waals surface area contributed by atoms with Crippen molar-refractivity contribution >= 4 is 39.3 Å². The van der Waals surface area contributed by atoms with Gasteiger partial charge in [0.15, 0.2) is 0 Å². The van der Waals surface area contributed by atoms with E-state index < -0.39 is 34.5 Å². The van der Waals surface area contributed by atoms with Crippen molar-refractivity contribution < 1.29 is 22.4 Å². The molecule has 1 N–H and O–H groups in total. The van der Waals surface area contributed by atoms with E-state index in [-0.39, 0.29) is 30.6 Å². The third-order valence-electron chi connectivity index (χ3n) is 6.65. The van der Waals surface area contributed by atoms with Crippen LogP contribution in [0.2, 0.25) is 5.02 Å². The zero-order chi connectivity index (χ0) is 30.2. The van der Waals surface area contributed by atoms with Gasteiger partial charge in [-0.3, -0.25) is 9.59 Å². The Morgan fingerprint density at radius 3 is 2.17 bits per heavy atom. The number of benzene rings is 3. The summed E-state index contributed by atoms with van der Waals surface area (Å²) in [4.78, 5) is 29.3. The van der Waals surface area contributed by atoms with Gasteiger partial charge in [-0.25, -0.2) is 8.70 Å².